The van der Waals surface area contributed by atoms with Crippen LogP contribution < -0.4 is 9.47 Å². The number of fused-ring (bicyclic) bond motifs is 2. The number of carbonyl (C=O) groups is 1. The Morgan fingerprint density at radius 1 is 1.16 bits per heavy atom. The predicted molar refractivity (Wildman–Crippen MR) is 71.7 cm³/mol. The van der Waals surface area contributed by atoms with E-state index in [9.17, 15) is 4.79 Å². The van der Waals surface area contributed by atoms with Crippen molar-refractivity contribution in [1.82, 2.24) is 0 Å². The molecular weight excluding hydrogens is 240 g/mol. The molecule has 0 fully saturated rings. The van der Waals surface area contributed by atoms with E-state index >= 15 is 0 Å². The summed E-state index contributed by atoms with van der Waals surface area (Å²) in [6.45, 7) is 1.78. The van der Waals surface area contributed by atoms with Gasteiger partial charge in [0, 0.05) is 18.4 Å². The lowest BCUT2D eigenvalue weighted by Crippen LogP contribution is -2.10. The van der Waals surface area contributed by atoms with Crippen molar-refractivity contribution in [3.05, 3.63) is 53.6 Å². The average Bonchev–Trinajstić information content (AvgIpc) is 2.45. The summed E-state index contributed by atoms with van der Waals surface area (Å²) in [4.78, 5) is 11.4. The summed E-state index contributed by atoms with van der Waals surface area (Å²) in [5.74, 6) is 2.00. The highest BCUT2D eigenvalue weighted by molar-refractivity contribution is 5.73. The van der Waals surface area contributed by atoms with E-state index in [0.29, 0.717) is 12.2 Å². The molecule has 19 heavy (non-hydrogen) atoms. The van der Waals surface area contributed by atoms with E-state index in [1.165, 1.54) is 0 Å². The van der Waals surface area contributed by atoms with Crippen LogP contribution in [0.4, 0.5) is 0 Å². The van der Waals surface area contributed by atoms with Gasteiger partial charge in [0.15, 0.2) is 0 Å². The number of carbonyl (C=O) groups excluding carboxylic acids is 1. The van der Waals surface area contributed by atoms with Crippen LogP contribution in [0.3, 0.4) is 0 Å². The van der Waals surface area contributed by atoms with Crippen molar-refractivity contribution < 1.29 is 14.3 Å². The van der Waals surface area contributed by atoms with Gasteiger partial charge in [0.25, 0.3) is 0 Å². The normalized spacial score (nSPS) is 12.1. The van der Waals surface area contributed by atoms with Crippen molar-refractivity contribution in [2.24, 2.45) is 0 Å². The predicted octanol–water partition coefficient (Wildman–Crippen LogP) is 3.70. The van der Waals surface area contributed by atoms with Crippen LogP contribution in [0.25, 0.3) is 0 Å². The van der Waals surface area contributed by atoms with Gasteiger partial charge in [-0.25, -0.2) is 0 Å². The van der Waals surface area contributed by atoms with Crippen LogP contribution >= 0.6 is 0 Å². The summed E-state index contributed by atoms with van der Waals surface area (Å²) in [6, 6.07) is 13.4. The topological polar surface area (TPSA) is 35.5 Å². The van der Waals surface area contributed by atoms with Crippen LogP contribution in [0.1, 0.15) is 24.5 Å². The number of hydrogen-bond donors (Lipinski definition) is 0. The molecule has 1 heterocycles. The maximum atomic E-state index is 11.4. The van der Waals surface area contributed by atoms with E-state index in [4.69, 9.17) is 9.47 Å². The molecule has 0 bridgehead atoms. The van der Waals surface area contributed by atoms with E-state index in [2.05, 4.69) is 0 Å². The first-order valence-electron chi connectivity index (χ1n) is 6.36. The minimum Gasteiger partial charge on any atom is -0.457 e. The fraction of sp³-hybridized carbons (Fsp3) is 0.188. The lowest BCUT2D eigenvalue weighted by Gasteiger charge is -2.21. The number of rotatable bonds is 2. The molecule has 0 atom stereocenters. The number of ether oxygens (including phenoxy) is 2. The van der Waals surface area contributed by atoms with E-state index in [1.54, 1.807) is 6.92 Å². The molecule has 0 unspecified atom stereocenters. The highest BCUT2D eigenvalue weighted by atomic mass is 16.5. The van der Waals surface area contributed by atoms with Crippen LogP contribution in [-0.4, -0.2) is 5.97 Å². The fourth-order valence-corrected chi connectivity index (χ4v) is 2.16. The van der Waals surface area contributed by atoms with Crippen molar-refractivity contribution in [2.45, 2.75) is 19.8 Å². The van der Waals surface area contributed by atoms with Gasteiger partial charge in [-0.15, -0.1) is 0 Å². The minimum atomic E-state index is -0.229. The third kappa shape index (κ3) is 2.19. The second-order valence-electron chi connectivity index (χ2n) is 4.45. The van der Waals surface area contributed by atoms with E-state index < -0.39 is 0 Å². The maximum Gasteiger partial charge on any atom is 0.310 e. The summed E-state index contributed by atoms with van der Waals surface area (Å²) in [6.07, 6.45) is 1.08. The number of hydrogen-bond acceptors (Lipinski definition) is 3. The molecule has 1 aliphatic heterocycles. The summed E-state index contributed by atoms with van der Waals surface area (Å²) < 4.78 is 11.2. The largest absolute Gasteiger partial charge is 0.457 e. The highest BCUT2D eigenvalue weighted by Gasteiger charge is 2.20. The summed E-state index contributed by atoms with van der Waals surface area (Å²) >= 11 is 0. The van der Waals surface area contributed by atoms with Gasteiger partial charge >= 0.3 is 5.97 Å². The number of para-hydroxylation sites is 1. The van der Waals surface area contributed by atoms with Crippen LogP contribution in [0.2, 0.25) is 0 Å². The van der Waals surface area contributed by atoms with Crippen molar-refractivity contribution in [1.29, 1.82) is 0 Å². The van der Waals surface area contributed by atoms with Crippen molar-refractivity contribution >= 4 is 5.97 Å². The monoisotopic (exact) mass is 254 g/mol. The molecule has 0 radical (unpaired) electrons. The van der Waals surface area contributed by atoms with Gasteiger partial charge in [-0.1, -0.05) is 31.2 Å². The molecular formula is C16H14O3. The molecule has 0 N–H and O–H groups in total. The SMILES string of the molecule is CCC(=O)Oc1cccc2c1Cc1ccccc1O2. The second-order valence-corrected chi connectivity index (χ2v) is 4.45. The standard InChI is InChI=1S/C16H14O3/c1-2-16(17)19-15-9-5-8-14-12(15)10-11-6-3-4-7-13(11)18-14/h3-9H,2,10H2,1H3. The summed E-state index contributed by atoms with van der Waals surface area (Å²) in [5.41, 5.74) is 2.04. The Labute approximate surface area is 111 Å². The number of benzene rings is 2. The molecule has 96 valence electrons. The smallest absolute Gasteiger partial charge is 0.310 e. The molecule has 3 nitrogen and oxygen atoms in total. The third-order valence-electron chi connectivity index (χ3n) is 3.16. The van der Waals surface area contributed by atoms with Crippen LogP contribution in [0.15, 0.2) is 42.5 Å². The van der Waals surface area contributed by atoms with Gasteiger partial charge < -0.3 is 9.47 Å². The Kier molecular flexibility index (Phi) is 2.95. The molecule has 2 aromatic carbocycles. The van der Waals surface area contributed by atoms with Gasteiger partial charge in [0.1, 0.15) is 17.2 Å². The Bertz CT molecular complexity index is 632. The number of esters is 1. The quantitative estimate of drug-likeness (QED) is 0.516. The molecule has 2 aromatic rings. The Morgan fingerprint density at radius 2 is 1.95 bits per heavy atom. The molecule has 1 aliphatic rings. The first-order chi connectivity index (χ1) is 9.28. The lowest BCUT2D eigenvalue weighted by atomic mass is 9.99. The van der Waals surface area contributed by atoms with Crippen molar-refractivity contribution in [3.8, 4) is 17.2 Å². The van der Waals surface area contributed by atoms with Gasteiger partial charge in [0.05, 0.1) is 0 Å². The molecule has 0 amide bonds. The van der Waals surface area contributed by atoms with Gasteiger partial charge in [-0.2, -0.15) is 0 Å². The summed E-state index contributed by atoms with van der Waals surface area (Å²) in [5, 5.41) is 0. The first-order valence-corrected chi connectivity index (χ1v) is 6.36. The first kappa shape index (κ1) is 11.8. The second kappa shape index (κ2) is 4.76. The highest BCUT2D eigenvalue weighted by Crippen LogP contribution is 2.40. The molecule has 0 saturated heterocycles. The molecule has 3 rings (SSSR count). The van der Waals surface area contributed by atoms with Crippen LogP contribution in [0, 0.1) is 0 Å². The molecule has 3 heteroatoms. The van der Waals surface area contributed by atoms with Gasteiger partial charge in [-0.05, 0) is 23.8 Å². The molecule has 0 aliphatic carbocycles. The van der Waals surface area contributed by atoms with Crippen molar-refractivity contribution in [3.63, 3.8) is 0 Å². The fourth-order valence-electron chi connectivity index (χ4n) is 2.16. The van der Waals surface area contributed by atoms with Crippen LogP contribution in [0.5, 0.6) is 17.2 Å². The zero-order valence-electron chi connectivity index (χ0n) is 10.7. The van der Waals surface area contributed by atoms with E-state index in [0.717, 1.165) is 29.0 Å². The molecule has 0 saturated carbocycles. The van der Waals surface area contributed by atoms with Gasteiger partial charge in [-0.3, -0.25) is 4.79 Å². The summed E-state index contributed by atoms with van der Waals surface area (Å²) in [7, 11) is 0. The zero-order valence-corrected chi connectivity index (χ0v) is 10.7. The zero-order chi connectivity index (χ0) is 13.2. The van der Waals surface area contributed by atoms with Crippen molar-refractivity contribution in [2.75, 3.05) is 0 Å². The Hall–Kier alpha value is -2.29. The van der Waals surface area contributed by atoms with E-state index in [-0.39, 0.29) is 5.97 Å². The maximum absolute atomic E-state index is 11.4. The minimum absolute atomic E-state index is 0.229. The lowest BCUT2D eigenvalue weighted by molar-refractivity contribution is -0.134. The van der Waals surface area contributed by atoms with Gasteiger partial charge in [0.2, 0.25) is 0 Å². The molecule has 0 aromatic heterocycles. The Balaban J connectivity index is 1.99. The molecule has 0 spiro atoms. The van der Waals surface area contributed by atoms with Crippen LogP contribution in [-0.2, 0) is 11.2 Å². The third-order valence-corrected chi connectivity index (χ3v) is 3.16. The van der Waals surface area contributed by atoms with E-state index in [1.807, 2.05) is 42.5 Å². The Morgan fingerprint density at radius 3 is 2.79 bits per heavy atom. The average molecular weight is 254 g/mol.